The van der Waals surface area contributed by atoms with Gasteiger partial charge in [-0.2, -0.15) is 0 Å². The van der Waals surface area contributed by atoms with Gasteiger partial charge in [-0.25, -0.2) is 4.98 Å². The van der Waals surface area contributed by atoms with Crippen LogP contribution in [0, 0.1) is 5.92 Å². The summed E-state index contributed by atoms with van der Waals surface area (Å²) in [5.74, 6) is -1.65. The number of hydrogen-bond donors (Lipinski definition) is 0. The van der Waals surface area contributed by atoms with E-state index in [1.807, 2.05) is 67.6 Å². The molecule has 0 spiro atoms. The number of carbonyl (C=O) groups excluding carboxylic acids is 3. The lowest BCUT2D eigenvalue weighted by molar-refractivity contribution is -0.157. The molecule has 2 aromatic carbocycles. The Balaban J connectivity index is 1.74. The molecule has 3 aromatic rings. The molecule has 0 aliphatic carbocycles. The van der Waals surface area contributed by atoms with Gasteiger partial charge in [0.05, 0.1) is 13.0 Å². The molecule has 1 unspecified atom stereocenters. The SMILES string of the molecule is COc1ccnc(C(=O)C[C@@H](C)C(=O)OC(Cc2ccccc2)[C@H](C)Oc2ccccc2)c1OC(C)=O. The Morgan fingerprint density at radius 2 is 1.57 bits per heavy atom. The van der Waals surface area contributed by atoms with Crippen molar-refractivity contribution in [2.24, 2.45) is 5.92 Å². The van der Waals surface area contributed by atoms with Gasteiger partial charge >= 0.3 is 11.9 Å². The molecule has 8 nitrogen and oxygen atoms in total. The third-order valence-corrected chi connectivity index (χ3v) is 5.63. The molecule has 0 aliphatic rings. The number of rotatable bonds is 12. The molecule has 3 atom stereocenters. The van der Waals surface area contributed by atoms with E-state index in [-0.39, 0.29) is 23.6 Å². The highest BCUT2D eigenvalue weighted by atomic mass is 16.6. The van der Waals surface area contributed by atoms with E-state index in [1.54, 1.807) is 6.92 Å². The maximum absolute atomic E-state index is 13.1. The van der Waals surface area contributed by atoms with Gasteiger partial charge in [-0.15, -0.1) is 0 Å². The van der Waals surface area contributed by atoms with Crippen molar-refractivity contribution in [1.29, 1.82) is 0 Å². The average molecular weight is 506 g/mol. The molecule has 1 heterocycles. The molecule has 0 aliphatic heterocycles. The van der Waals surface area contributed by atoms with E-state index in [1.165, 1.54) is 26.3 Å². The van der Waals surface area contributed by atoms with E-state index in [0.29, 0.717) is 12.2 Å². The first-order chi connectivity index (χ1) is 17.8. The van der Waals surface area contributed by atoms with Crippen LogP contribution in [-0.2, 0) is 20.7 Å². The number of esters is 2. The fourth-order valence-electron chi connectivity index (χ4n) is 3.70. The zero-order chi connectivity index (χ0) is 26.8. The molecule has 0 saturated heterocycles. The molecule has 37 heavy (non-hydrogen) atoms. The summed E-state index contributed by atoms with van der Waals surface area (Å²) in [6, 6.07) is 20.4. The summed E-state index contributed by atoms with van der Waals surface area (Å²) in [7, 11) is 1.39. The van der Waals surface area contributed by atoms with Gasteiger partial charge in [0.25, 0.3) is 0 Å². The van der Waals surface area contributed by atoms with Crippen LogP contribution in [0.3, 0.4) is 0 Å². The van der Waals surface area contributed by atoms with Gasteiger partial charge in [0, 0.05) is 32.0 Å². The van der Waals surface area contributed by atoms with Gasteiger partial charge in [0.15, 0.2) is 17.2 Å². The Morgan fingerprint density at radius 3 is 2.19 bits per heavy atom. The molecule has 0 radical (unpaired) electrons. The van der Waals surface area contributed by atoms with Crippen molar-refractivity contribution in [1.82, 2.24) is 4.98 Å². The predicted molar refractivity (Wildman–Crippen MR) is 137 cm³/mol. The minimum Gasteiger partial charge on any atom is -0.493 e. The van der Waals surface area contributed by atoms with E-state index in [9.17, 15) is 14.4 Å². The fourth-order valence-corrected chi connectivity index (χ4v) is 3.70. The molecule has 3 rings (SSSR count). The van der Waals surface area contributed by atoms with Crippen molar-refractivity contribution in [3.63, 3.8) is 0 Å². The Labute approximate surface area is 216 Å². The number of carbonyl (C=O) groups is 3. The number of benzene rings is 2. The van der Waals surface area contributed by atoms with Crippen molar-refractivity contribution in [3.05, 3.63) is 84.2 Å². The van der Waals surface area contributed by atoms with E-state index in [4.69, 9.17) is 18.9 Å². The second-order valence-electron chi connectivity index (χ2n) is 8.61. The van der Waals surface area contributed by atoms with Crippen molar-refractivity contribution in [2.45, 2.75) is 45.8 Å². The van der Waals surface area contributed by atoms with Gasteiger partial charge in [-0.05, 0) is 24.6 Å². The molecule has 0 fully saturated rings. The van der Waals surface area contributed by atoms with Gasteiger partial charge in [-0.1, -0.05) is 55.5 Å². The number of methoxy groups -OCH3 is 1. The van der Waals surface area contributed by atoms with Crippen LogP contribution in [0.4, 0.5) is 0 Å². The molecule has 194 valence electrons. The van der Waals surface area contributed by atoms with Crippen molar-refractivity contribution < 1.29 is 33.3 Å². The maximum atomic E-state index is 13.1. The summed E-state index contributed by atoms with van der Waals surface area (Å²) in [6.45, 7) is 4.66. The maximum Gasteiger partial charge on any atom is 0.309 e. The smallest absolute Gasteiger partial charge is 0.309 e. The zero-order valence-corrected chi connectivity index (χ0v) is 21.4. The summed E-state index contributed by atoms with van der Waals surface area (Å²) in [5, 5.41) is 0. The van der Waals surface area contributed by atoms with Gasteiger partial charge in [-0.3, -0.25) is 14.4 Å². The van der Waals surface area contributed by atoms with Crippen LogP contribution >= 0.6 is 0 Å². The summed E-state index contributed by atoms with van der Waals surface area (Å²) >= 11 is 0. The Hall–Kier alpha value is -4.20. The van der Waals surface area contributed by atoms with Crippen LogP contribution in [0.25, 0.3) is 0 Å². The second-order valence-corrected chi connectivity index (χ2v) is 8.61. The highest BCUT2D eigenvalue weighted by Crippen LogP contribution is 2.31. The quantitative estimate of drug-likeness (QED) is 0.254. The van der Waals surface area contributed by atoms with Crippen LogP contribution in [0.2, 0.25) is 0 Å². The molecular weight excluding hydrogens is 474 g/mol. The minimum absolute atomic E-state index is 0.0742. The first-order valence-electron chi connectivity index (χ1n) is 12.0. The fraction of sp³-hybridized carbons (Fsp3) is 0.310. The number of aromatic nitrogens is 1. The number of ether oxygens (including phenoxy) is 4. The third-order valence-electron chi connectivity index (χ3n) is 5.63. The number of pyridine rings is 1. The number of hydrogen-bond acceptors (Lipinski definition) is 8. The predicted octanol–water partition coefficient (Wildman–Crippen LogP) is 4.85. The van der Waals surface area contributed by atoms with Crippen LogP contribution in [0.15, 0.2) is 72.9 Å². The topological polar surface area (TPSA) is 101 Å². The molecule has 0 bridgehead atoms. The van der Waals surface area contributed by atoms with Crippen LogP contribution in [0.5, 0.6) is 17.2 Å². The van der Waals surface area contributed by atoms with Crippen LogP contribution < -0.4 is 14.2 Å². The van der Waals surface area contributed by atoms with Crippen molar-refractivity contribution >= 4 is 17.7 Å². The Morgan fingerprint density at radius 1 is 0.919 bits per heavy atom. The van der Waals surface area contributed by atoms with Crippen LogP contribution in [0.1, 0.15) is 43.2 Å². The van der Waals surface area contributed by atoms with Crippen molar-refractivity contribution in [3.8, 4) is 17.2 Å². The van der Waals surface area contributed by atoms with Gasteiger partial charge < -0.3 is 18.9 Å². The lowest BCUT2D eigenvalue weighted by Crippen LogP contribution is -2.37. The molecule has 0 saturated carbocycles. The van der Waals surface area contributed by atoms with E-state index < -0.39 is 35.8 Å². The van der Waals surface area contributed by atoms with E-state index in [0.717, 1.165) is 5.56 Å². The lowest BCUT2D eigenvalue weighted by atomic mass is 10.0. The van der Waals surface area contributed by atoms with E-state index in [2.05, 4.69) is 4.98 Å². The second kappa shape index (κ2) is 13.2. The summed E-state index contributed by atoms with van der Waals surface area (Å²) in [4.78, 5) is 41.7. The Kier molecular flexibility index (Phi) is 9.77. The monoisotopic (exact) mass is 505 g/mol. The van der Waals surface area contributed by atoms with Gasteiger partial charge in [0.2, 0.25) is 5.75 Å². The molecule has 8 heteroatoms. The highest BCUT2D eigenvalue weighted by Gasteiger charge is 2.29. The average Bonchev–Trinajstić information content (AvgIpc) is 2.89. The normalized spacial score (nSPS) is 13.1. The molecule has 0 amide bonds. The summed E-state index contributed by atoms with van der Waals surface area (Å²) < 4.78 is 22.3. The number of ketones is 1. The zero-order valence-electron chi connectivity index (χ0n) is 21.4. The molecule has 0 N–H and O–H groups in total. The lowest BCUT2D eigenvalue weighted by Gasteiger charge is -2.26. The summed E-state index contributed by atoms with van der Waals surface area (Å²) in [6.07, 6.45) is 0.569. The minimum atomic E-state index is -0.784. The summed E-state index contributed by atoms with van der Waals surface area (Å²) in [5.41, 5.74) is 0.898. The number of para-hydroxylation sites is 1. The first-order valence-corrected chi connectivity index (χ1v) is 12.0. The highest BCUT2D eigenvalue weighted by molar-refractivity contribution is 5.99. The standard InChI is InChI=1S/C29H31NO7/c1-19(17-24(32)27-28(36-21(3)31)25(34-4)15-16-30-27)29(33)37-26(18-22-11-7-5-8-12-22)20(2)35-23-13-9-6-10-14-23/h5-16,19-20,26H,17-18H2,1-4H3/t19-,20+,26?/m1/s1. The largest absolute Gasteiger partial charge is 0.493 e. The van der Waals surface area contributed by atoms with Gasteiger partial charge in [0.1, 0.15) is 18.0 Å². The molecular formula is C29H31NO7. The first kappa shape index (κ1) is 27.4. The van der Waals surface area contributed by atoms with Crippen molar-refractivity contribution in [2.75, 3.05) is 7.11 Å². The number of nitrogens with zero attached hydrogens (tertiary/aromatic N) is 1. The molecule has 1 aromatic heterocycles. The van der Waals surface area contributed by atoms with E-state index >= 15 is 0 Å². The number of Topliss-reactive ketones (excluding diaryl/α,β-unsaturated/α-hetero) is 1. The third kappa shape index (κ3) is 7.90. The van der Waals surface area contributed by atoms with Crippen LogP contribution in [-0.4, -0.2) is 42.0 Å². The Bertz CT molecular complexity index is 1200.